The predicted octanol–water partition coefficient (Wildman–Crippen LogP) is -2.00. The van der Waals surface area contributed by atoms with E-state index in [0.29, 0.717) is 0 Å². The summed E-state index contributed by atoms with van der Waals surface area (Å²) in [4.78, 5) is 12.7. The van der Waals surface area contributed by atoms with Gasteiger partial charge in [0.25, 0.3) is 0 Å². The first-order valence-corrected chi connectivity index (χ1v) is 5.37. The van der Waals surface area contributed by atoms with Crippen LogP contribution < -0.4 is 61.4 Å². The fourth-order valence-corrected chi connectivity index (χ4v) is 1.41. The summed E-state index contributed by atoms with van der Waals surface area (Å²) in [6.07, 6.45) is 0. The van der Waals surface area contributed by atoms with Crippen LogP contribution in [0.5, 0.6) is 0 Å². The number of carbonyl (C=O) groups is 1. The summed E-state index contributed by atoms with van der Waals surface area (Å²) < 4.78 is 0. The van der Waals surface area contributed by atoms with Crippen LogP contribution in [-0.4, -0.2) is 23.9 Å². The summed E-state index contributed by atoms with van der Waals surface area (Å²) in [5.74, 6) is -1.11. The van der Waals surface area contributed by atoms with E-state index in [0.717, 1.165) is 11.3 Å². The van der Waals surface area contributed by atoms with E-state index in [2.05, 4.69) is 0 Å². The molecule has 1 rings (SSSR count). The molecule has 1 aromatic carbocycles. The molecular weight excluding hydrogens is 261 g/mol. The van der Waals surface area contributed by atoms with E-state index in [1.54, 1.807) is 31.2 Å². The van der Waals surface area contributed by atoms with Crippen molar-refractivity contribution in [3.05, 3.63) is 29.8 Å². The van der Waals surface area contributed by atoms with Gasteiger partial charge in [0, 0.05) is 18.1 Å². The molecule has 0 unspecified atom stereocenters. The molecule has 86 valence electrons. The maximum atomic E-state index is 11.0. The van der Waals surface area contributed by atoms with Crippen molar-refractivity contribution in [2.75, 3.05) is 11.9 Å². The number of aliphatic carboxylic acids is 1. The minimum atomic E-state index is -1.11. The number of anilines is 1. The van der Waals surface area contributed by atoms with Gasteiger partial charge in [-0.1, -0.05) is 24.4 Å². The van der Waals surface area contributed by atoms with Crippen molar-refractivity contribution >= 4 is 29.2 Å². The Kier molecular flexibility index (Phi) is 7.05. The quantitative estimate of drug-likeness (QED) is 0.471. The van der Waals surface area contributed by atoms with Gasteiger partial charge >= 0.3 is 51.4 Å². The zero-order valence-corrected chi connectivity index (χ0v) is 14.5. The van der Waals surface area contributed by atoms with E-state index in [9.17, 15) is 9.90 Å². The Labute approximate surface area is 150 Å². The van der Waals surface area contributed by atoms with Gasteiger partial charge < -0.3 is 14.8 Å². The molecule has 0 spiro atoms. The van der Waals surface area contributed by atoms with Crippen molar-refractivity contribution < 1.29 is 61.3 Å². The largest absolute Gasteiger partial charge is 1.00 e. The first kappa shape index (κ1) is 17.2. The normalized spacial score (nSPS) is 10.3. The second kappa shape index (κ2) is 6.97. The molecule has 0 N–H and O–H groups in total. The first-order chi connectivity index (χ1) is 7.39. The van der Waals surface area contributed by atoms with Gasteiger partial charge in [-0.25, -0.2) is 0 Å². The number of thiocarbonyl (C=S) groups is 1. The van der Waals surface area contributed by atoms with Crippen LogP contribution in [0.4, 0.5) is 5.69 Å². The standard InChI is InChI=1S/C12H15NO2S.K/c1-12(2,11(14)15)13(3)10-6-4-5-9(7-10)8-16;/h4-8H,1-3H3,(H,14,15);/q;+1/p-1. The van der Waals surface area contributed by atoms with Crippen LogP contribution in [0.3, 0.4) is 0 Å². The number of likely N-dealkylation sites (N-methyl/N-ethyl adjacent to an activating group) is 1. The maximum Gasteiger partial charge on any atom is 1.00 e. The first-order valence-electron chi connectivity index (χ1n) is 4.90. The number of hydrogen-bond donors (Lipinski definition) is 0. The fourth-order valence-electron chi connectivity index (χ4n) is 1.27. The summed E-state index contributed by atoms with van der Waals surface area (Å²) in [6, 6.07) is 7.40. The summed E-state index contributed by atoms with van der Waals surface area (Å²) >= 11 is 4.84. The number of carboxylic acid groups (broad SMARTS) is 1. The van der Waals surface area contributed by atoms with E-state index < -0.39 is 11.5 Å². The van der Waals surface area contributed by atoms with E-state index in [1.807, 2.05) is 24.3 Å². The van der Waals surface area contributed by atoms with Crippen LogP contribution >= 0.6 is 12.2 Å². The zero-order chi connectivity index (χ0) is 12.3. The van der Waals surface area contributed by atoms with Gasteiger partial charge in [0.1, 0.15) is 0 Å². The number of carbonyl (C=O) groups excluding carboxylic acids is 1. The molecule has 0 aliphatic heterocycles. The molecule has 0 aliphatic rings. The molecule has 5 heteroatoms. The molecule has 0 bridgehead atoms. The van der Waals surface area contributed by atoms with Crippen LogP contribution in [0.2, 0.25) is 0 Å². The van der Waals surface area contributed by atoms with Crippen LogP contribution in [0.25, 0.3) is 0 Å². The second-order valence-corrected chi connectivity index (χ2v) is 4.35. The summed E-state index contributed by atoms with van der Waals surface area (Å²) in [7, 11) is 1.72. The predicted molar refractivity (Wildman–Crippen MR) is 66.7 cm³/mol. The third kappa shape index (κ3) is 4.12. The number of carboxylic acids is 1. The number of hydrogen-bond acceptors (Lipinski definition) is 4. The van der Waals surface area contributed by atoms with Gasteiger partial charge in [0.2, 0.25) is 0 Å². The van der Waals surface area contributed by atoms with E-state index in [-0.39, 0.29) is 51.4 Å². The molecule has 0 aliphatic carbocycles. The van der Waals surface area contributed by atoms with E-state index >= 15 is 0 Å². The van der Waals surface area contributed by atoms with Crippen molar-refractivity contribution in [2.45, 2.75) is 19.4 Å². The minimum absolute atomic E-state index is 0. The SMILES string of the molecule is CN(c1cccc(C=S)c1)C(C)(C)C(=O)[O-].[K+]. The molecule has 0 fully saturated rings. The van der Waals surface area contributed by atoms with Crippen molar-refractivity contribution in [2.24, 2.45) is 0 Å². The smallest absolute Gasteiger partial charge is 0.548 e. The summed E-state index contributed by atoms with van der Waals surface area (Å²) in [5.41, 5.74) is 0.626. The van der Waals surface area contributed by atoms with Crippen molar-refractivity contribution in [1.29, 1.82) is 0 Å². The molecule has 0 atom stereocenters. The molecule has 0 heterocycles. The number of rotatable bonds is 4. The fraction of sp³-hybridized carbons (Fsp3) is 0.333. The van der Waals surface area contributed by atoms with Gasteiger partial charge in [-0.05, 0) is 31.5 Å². The summed E-state index contributed by atoms with van der Waals surface area (Å²) in [6.45, 7) is 3.21. The Bertz CT molecular complexity index is 421. The zero-order valence-electron chi connectivity index (χ0n) is 10.6. The van der Waals surface area contributed by atoms with E-state index in [1.165, 1.54) is 0 Å². The third-order valence-corrected chi connectivity index (χ3v) is 3.00. The molecule has 0 amide bonds. The minimum Gasteiger partial charge on any atom is -0.548 e. The summed E-state index contributed by atoms with van der Waals surface area (Å²) in [5, 5.41) is 12.6. The molecular formula is C12H14KNO2S. The Balaban J connectivity index is 0.00000256. The van der Waals surface area contributed by atoms with Gasteiger partial charge in [-0.2, -0.15) is 0 Å². The van der Waals surface area contributed by atoms with Gasteiger partial charge in [0.05, 0.1) is 11.5 Å². The van der Waals surface area contributed by atoms with Gasteiger partial charge in [-0.15, -0.1) is 0 Å². The van der Waals surface area contributed by atoms with Crippen LogP contribution in [0.15, 0.2) is 24.3 Å². The third-order valence-electron chi connectivity index (χ3n) is 2.73. The van der Waals surface area contributed by atoms with Crippen molar-refractivity contribution in [3.8, 4) is 0 Å². The molecule has 3 nitrogen and oxygen atoms in total. The molecule has 0 saturated heterocycles. The van der Waals surface area contributed by atoms with Crippen LogP contribution in [-0.2, 0) is 4.79 Å². The Morgan fingerprint density at radius 3 is 2.53 bits per heavy atom. The molecule has 0 radical (unpaired) electrons. The second-order valence-electron chi connectivity index (χ2n) is 4.12. The molecule has 17 heavy (non-hydrogen) atoms. The van der Waals surface area contributed by atoms with Crippen LogP contribution in [0.1, 0.15) is 19.4 Å². The van der Waals surface area contributed by atoms with Crippen molar-refractivity contribution in [3.63, 3.8) is 0 Å². The number of benzene rings is 1. The Morgan fingerprint density at radius 1 is 1.47 bits per heavy atom. The molecule has 0 saturated carbocycles. The van der Waals surface area contributed by atoms with Gasteiger partial charge in [-0.3, -0.25) is 0 Å². The Hall–Kier alpha value is 0.216. The average molecular weight is 275 g/mol. The van der Waals surface area contributed by atoms with Gasteiger partial charge in [0.15, 0.2) is 0 Å². The Morgan fingerprint density at radius 2 is 2.06 bits per heavy atom. The van der Waals surface area contributed by atoms with Crippen molar-refractivity contribution in [1.82, 2.24) is 0 Å². The van der Waals surface area contributed by atoms with E-state index in [4.69, 9.17) is 12.2 Å². The topological polar surface area (TPSA) is 43.4 Å². The monoisotopic (exact) mass is 275 g/mol. The molecule has 0 aromatic heterocycles. The molecule has 1 aromatic rings. The number of nitrogens with zero attached hydrogens (tertiary/aromatic N) is 1. The van der Waals surface area contributed by atoms with Crippen LogP contribution in [0, 0.1) is 0 Å². The average Bonchev–Trinajstić information content (AvgIpc) is 2.27. The maximum absolute atomic E-state index is 11.0.